The second kappa shape index (κ2) is 7.06. The highest BCUT2D eigenvalue weighted by molar-refractivity contribution is 5.77. The van der Waals surface area contributed by atoms with E-state index in [1.807, 2.05) is 13.8 Å². The molecule has 72 valence electrons. The van der Waals surface area contributed by atoms with E-state index in [1.165, 1.54) is 0 Å². The molecule has 0 aliphatic carbocycles. The average molecular weight is 174 g/mol. The van der Waals surface area contributed by atoms with E-state index in [9.17, 15) is 4.79 Å². The molecule has 0 fully saturated rings. The number of amides is 1. The third-order valence-electron chi connectivity index (χ3n) is 1.62. The Morgan fingerprint density at radius 3 is 2.58 bits per heavy atom. The summed E-state index contributed by atoms with van der Waals surface area (Å²) in [6.07, 6.45) is 0. The van der Waals surface area contributed by atoms with Gasteiger partial charge in [-0.3, -0.25) is 4.79 Å². The molecule has 2 N–H and O–H groups in total. The minimum Gasteiger partial charge on any atom is -0.380 e. The molecule has 12 heavy (non-hydrogen) atoms. The quantitative estimate of drug-likeness (QED) is 0.569. The third kappa shape index (κ3) is 4.31. The highest BCUT2D eigenvalue weighted by atomic mass is 16.5. The summed E-state index contributed by atoms with van der Waals surface area (Å²) in [5.74, 6) is -0.0165. The van der Waals surface area contributed by atoms with Crippen molar-refractivity contribution in [2.45, 2.75) is 13.8 Å². The van der Waals surface area contributed by atoms with Crippen LogP contribution in [0.5, 0.6) is 0 Å². The number of nitrogens with two attached hydrogens (primary N) is 1. The second-order valence-electron chi connectivity index (χ2n) is 2.37. The molecule has 0 aliphatic rings. The molecule has 0 saturated carbocycles. The standard InChI is InChI=1S/C8H18N2O2/c1-3-10(8(11)7-9)5-6-12-4-2/h3-7,9H2,1-2H3. The van der Waals surface area contributed by atoms with Crippen molar-refractivity contribution < 1.29 is 9.53 Å². The lowest BCUT2D eigenvalue weighted by atomic mass is 10.4. The molecule has 0 aromatic heterocycles. The van der Waals surface area contributed by atoms with E-state index in [-0.39, 0.29) is 12.5 Å². The molecule has 0 radical (unpaired) electrons. The van der Waals surface area contributed by atoms with Gasteiger partial charge >= 0.3 is 0 Å². The van der Waals surface area contributed by atoms with E-state index in [0.717, 1.165) is 0 Å². The van der Waals surface area contributed by atoms with Gasteiger partial charge in [0.25, 0.3) is 0 Å². The van der Waals surface area contributed by atoms with Crippen molar-refractivity contribution in [3.63, 3.8) is 0 Å². The molecule has 4 nitrogen and oxygen atoms in total. The van der Waals surface area contributed by atoms with Crippen LogP contribution in [0.1, 0.15) is 13.8 Å². The summed E-state index contributed by atoms with van der Waals surface area (Å²) >= 11 is 0. The highest BCUT2D eigenvalue weighted by Gasteiger charge is 2.07. The van der Waals surface area contributed by atoms with Crippen LogP contribution in [0.25, 0.3) is 0 Å². The Morgan fingerprint density at radius 1 is 1.50 bits per heavy atom. The Kier molecular flexibility index (Phi) is 6.70. The fourth-order valence-electron chi connectivity index (χ4n) is 0.907. The zero-order valence-corrected chi connectivity index (χ0v) is 7.88. The van der Waals surface area contributed by atoms with Crippen LogP contribution >= 0.6 is 0 Å². The maximum Gasteiger partial charge on any atom is 0.236 e. The predicted molar refractivity (Wildman–Crippen MR) is 47.8 cm³/mol. The van der Waals surface area contributed by atoms with Crippen molar-refractivity contribution in [2.24, 2.45) is 5.73 Å². The van der Waals surface area contributed by atoms with Crippen molar-refractivity contribution in [2.75, 3.05) is 32.8 Å². The van der Waals surface area contributed by atoms with Crippen molar-refractivity contribution in [1.82, 2.24) is 4.90 Å². The van der Waals surface area contributed by atoms with Gasteiger partial charge in [0.15, 0.2) is 0 Å². The van der Waals surface area contributed by atoms with Crippen LogP contribution in [-0.2, 0) is 9.53 Å². The summed E-state index contributed by atoms with van der Waals surface area (Å²) in [5.41, 5.74) is 5.22. The molecule has 0 atom stereocenters. The molecule has 0 aromatic rings. The Morgan fingerprint density at radius 2 is 2.17 bits per heavy atom. The fourth-order valence-corrected chi connectivity index (χ4v) is 0.907. The van der Waals surface area contributed by atoms with Crippen molar-refractivity contribution in [3.8, 4) is 0 Å². The first-order chi connectivity index (χ1) is 5.76. The second-order valence-corrected chi connectivity index (χ2v) is 2.37. The Bertz CT molecular complexity index is 128. The first kappa shape index (κ1) is 11.4. The highest BCUT2D eigenvalue weighted by Crippen LogP contribution is 1.88. The topological polar surface area (TPSA) is 55.6 Å². The van der Waals surface area contributed by atoms with Gasteiger partial charge in [-0.05, 0) is 13.8 Å². The Labute approximate surface area is 73.7 Å². The van der Waals surface area contributed by atoms with Gasteiger partial charge in [0.2, 0.25) is 5.91 Å². The number of hydrogen-bond donors (Lipinski definition) is 1. The molecule has 0 bridgehead atoms. The van der Waals surface area contributed by atoms with Crippen molar-refractivity contribution in [1.29, 1.82) is 0 Å². The van der Waals surface area contributed by atoms with E-state index < -0.39 is 0 Å². The molecule has 4 heteroatoms. The molecule has 0 aromatic carbocycles. The molecule has 0 spiro atoms. The van der Waals surface area contributed by atoms with Gasteiger partial charge in [-0.25, -0.2) is 0 Å². The van der Waals surface area contributed by atoms with Crippen LogP contribution in [0.2, 0.25) is 0 Å². The number of nitrogens with zero attached hydrogens (tertiary/aromatic N) is 1. The Hall–Kier alpha value is -0.610. The average Bonchev–Trinajstić information content (AvgIpc) is 2.11. The van der Waals surface area contributed by atoms with E-state index in [2.05, 4.69) is 0 Å². The van der Waals surface area contributed by atoms with Crippen LogP contribution < -0.4 is 5.73 Å². The SMILES string of the molecule is CCOCCN(CC)C(=O)CN. The summed E-state index contributed by atoms with van der Waals surface area (Å²) < 4.78 is 5.13. The predicted octanol–water partition coefficient (Wildman–Crippen LogP) is -0.170. The summed E-state index contributed by atoms with van der Waals surface area (Å²) in [4.78, 5) is 12.8. The molecular weight excluding hydrogens is 156 g/mol. The first-order valence-corrected chi connectivity index (χ1v) is 4.31. The van der Waals surface area contributed by atoms with E-state index in [1.54, 1.807) is 4.90 Å². The smallest absolute Gasteiger partial charge is 0.236 e. The summed E-state index contributed by atoms with van der Waals surface area (Å²) in [6, 6.07) is 0. The molecule has 0 aliphatic heterocycles. The van der Waals surface area contributed by atoms with Gasteiger partial charge in [0.05, 0.1) is 13.2 Å². The zero-order chi connectivity index (χ0) is 9.40. The number of likely N-dealkylation sites (N-methyl/N-ethyl adjacent to an activating group) is 1. The number of ether oxygens (including phenoxy) is 1. The van der Waals surface area contributed by atoms with Crippen LogP contribution in [0.4, 0.5) is 0 Å². The molecule has 0 heterocycles. The normalized spacial score (nSPS) is 9.92. The van der Waals surface area contributed by atoms with E-state index >= 15 is 0 Å². The van der Waals surface area contributed by atoms with Crippen LogP contribution in [0.3, 0.4) is 0 Å². The molecule has 0 saturated heterocycles. The minimum absolute atomic E-state index is 0.0165. The number of rotatable bonds is 6. The van der Waals surface area contributed by atoms with Crippen LogP contribution in [-0.4, -0.2) is 43.7 Å². The lowest BCUT2D eigenvalue weighted by Gasteiger charge is -2.19. The Balaban J connectivity index is 3.60. The van der Waals surface area contributed by atoms with Crippen LogP contribution in [0, 0.1) is 0 Å². The minimum atomic E-state index is -0.0165. The zero-order valence-electron chi connectivity index (χ0n) is 7.88. The van der Waals surface area contributed by atoms with Gasteiger partial charge in [-0.1, -0.05) is 0 Å². The molecule has 0 rings (SSSR count). The van der Waals surface area contributed by atoms with Crippen molar-refractivity contribution >= 4 is 5.91 Å². The summed E-state index contributed by atoms with van der Waals surface area (Å²) in [7, 11) is 0. The monoisotopic (exact) mass is 174 g/mol. The van der Waals surface area contributed by atoms with E-state index in [4.69, 9.17) is 10.5 Å². The van der Waals surface area contributed by atoms with Gasteiger partial charge in [-0.15, -0.1) is 0 Å². The molecular formula is C8H18N2O2. The largest absolute Gasteiger partial charge is 0.380 e. The third-order valence-corrected chi connectivity index (χ3v) is 1.62. The number of carbonyl (C=O) groups is 1. The summed E-state index contributed by atoms with van der Waals surface area (Å²) in [5, 5.41) is 0. The first-order valence-electron chi connectivity index (χ1n) is 4.31. The maximum atomic E-state index is 11.1. The maximum absolute atomic E-state index is 11.1. The van der Waals surface area contributed by atoms with Crippen molar-refractivity contribution in [3.05, 3.63) is 0 Å². The molecule has 0 unspecified atom stereocenters. The van der Waals surface area contributed by atoms with E-state index in [0.29, 0.717) is 26.3 Å². The lowest BCUT2D eigenvalue weighted by Crippen LogP contribution is -2.38. The van der Waals surface area contributed by atoms with Gasteiger partial charge < -0.3 is 15.4 Å². The summed E-state index contributed by atoms with van der Waals surface area (Å²) in [6.45, 7) is 6.56. The van der Waals surface area contributed by atoms with Gasteiger partial charge in [0, 0.05) is 19.7 Å². The number of carbonyl (C=O) groups excluding carboxylic acids is 1. The fraction of sp³-hybridized carbons (Fsp3) is 0.875. The molecule has 1 amide bonds. The number of hydrogen-bond acceptors (Lipinski definition) is 3. The van der Waals surface area contributed by atoms with Crippen LogP contribution in [0.15, 0.2) is 0 Å². The van der Waals surface area contributed by atoms with Gasteiger partial charge in [-0.2, -0.15) is 0 Å². The van der Waals surface area contributed by atoms with Gasteiger partial charge in [0.1, 0.15) is 0 Å². The lowest BCUT2D eigenvalue weighted by molar-refractivity contribution is -0.130.